The van der Waals surface area contributed by atoms with Gasteiger partial charge in [0.05, 0.1) is 5.69 Å². The molecule has 0 amide bonds. The lowest BCUT2D eigenvalue weighted by Gasteiger charge is -2.28. The van der Waals surface area contributed by atoms with Gasteiger partial charge in [-0.25, -0.2) is 0 Å². The second kappa shape index (κ2) is 10.6. The van der Waals surface area contributed by atoms with Gasteiger partial charge >= 0.3 is 0 Å². The number of aryl methyl sites for hydroxylation is 2. The zero-order valence-electron chi connectivity index (χ0n) is 17.4. The maximum atomic E-state index is 4.64. The summed E-state index contributed by atoms with van der Waals surface area (Å²) >= 11 is 0. The van der Waals surface area contributed by atoms with E-state index in [0.29, 0.717) is 0 Å². The van der Waals surface area contributed by atoms with Crippen molar-refractivity contribution in [2.45, 2.75) is 84.5 Å². The number of hydrogen-bond donors (Lipinski definition) is 0. The van der Waals surface area contributed by atoms with E-state index in [0.717, 1.165) is 24.0 Å². The molecule has 0 atom stereocenters. The van der Waals surface area contributed by atoms with Crippen molar-refractivity contribution in [2.24, 2.45) is 11.8 Å². The molecule has 1 aliphatic carbocycles. The standard InChI is InChI=1S/C26H37N/c1-3-5-7-21-8-10-22(11-9-21)12-13-23-14-17-25(18-15-23)26-19-16-24(6-4-2)20-27-26/h14-22H,3-13H2,1-2H3/t21-,22-. The van der Waals surface area contributed by atoms with Gasteiger partial charge in [0.15, 0.2) is 0 Å². The predicted octanol–water partition coefficient (Wildman–Crippen LogP) is 7.63. The molecule has 0 saturated heterocycles. The summed E-state index contributed by atoms with van der Waals surface area (Å²) in [6.07, 6.45) is 17.0. The van der Waals surface area contributed by atoms with Crippen LogP contribution >= 0.6 is 0 Å². The number of hydrogen-bond acceptors (Lipinski definition) is 1. The second-order valence-electron chi connectivity index (χ2n) is 8.57. The number of rotatable bonds is 9. The second-order valence-corrected chi connectivity index (χ2v) is 8.57. The molecule has 146 valence electrons. The van der Waals surface area contributed by atoms with Crippen LogP contribution in [0.3, 0.4) is 0 Å². The molecule has 0 N–H and O–H groups in total. The summed E-state index contributed by atoms with van der Waals surface area (Å²) in [5, 5.41) is 0. The van der Waals surface area contributed by atoms with Crippen molar-refractivity contribution in [1.29, 1.82) is 0 Å². The summed E-state index contributed by atoms with van der Waals surface area (Å²) < 4.78 is 0. The Morgan fingerprint density at radius 2 is 1.41 bits per heavy atom. The van der Waals surface area contributed by atoms with Gasteiger partial charge in [0, 0.05) is 11.8 Å². The highest BCUT2D eigenvalue weighted by Crippen LogP contribution is 2.34. The summed E-state index contributed by atoms with van der Waals surface area (Å²) in [6.45, 7) is 4.53. The van der Waals surface area contributed by atoms with Gasteiger partial charge < -0.3 is 0 Å². The molecule has 1 nitrogen and oxygen atoms in total. The molecule has 1 fully saturated rings. The molecular formula is C26H37N. The Morgan fingerprint density at radius 3 is 2.00 bits per heavy atom. The molecule has 1 heteroatoms. The van der Waals surface area contributed by atoms with Crippen LogP contribution in [0, 0.1) is 11.8 Å². The third-order valence-corrected chi connectivity index (χ3v) is 6.39. The molecule has 2 aromatic rings. The van der Waals surface area contributed by atoms with Crippen molar-refractivity contribution in [3.63, 3.8) is 0 Å². The van der Waals surface area contributed by atoms with E-state index < -0.39 is 0 Å². The SMILES string of the molecule is CCCC[C@H]1CC[C@H](CCc2ccc(-c3ccc(CCC)cn3)cc2)CC1. The molecule has 1 saturated carbocycles. The third kappa shape index (κ3) is 6.19. The van der Waals surface area contributed by atoms with E-state index in [1.165, 1.54) is 80.9 Å². The van der Waals surface area contributed by atoms with E-state index in [1.807, 2.05) is 6.20 Å². The highest BCUT2D eigenvalue weighted by molar-refractivity contribution is 5.59. The molecule has 27 heavy (non-hydrogen) atoms. The van der Waals surface area contributed by atoms with Gasteiger partial charge in [-0.1, -0.05) is 95.5 Å². The van der Waals surface area contributed by atoms with Crippen LogP contribution in [0.5, 0.6) is 0 Å². The molecular weight excluding hydrogens is 326 g/mol. The Bertz CT molecular complexity index is 648. The fraction of sp³-hybridized carbons (Fsp3) is 0.577. The van der Waals surface area contributed by atoms with E-state index in [2.05, 4.69) is 55.2 Å². The van der Waals surface area contributed by atoms with Crippen molar-refractivity contribution in [1.82, 2.24) is 4.98 Å². The van der Waals surface area contributed by atoms with Crippen LogP contribution in [0.15, 0.2) is 42.6 Å². The summed E-state index contributed by atoms with van der Waals surface area (Å²) in [5.41, 5.74) is 5.14. The Balaban J connectivity index is 1.45. The molecule has 0 bridgehead atoms. The monoisotopic (exact) mass is 363 g/mol. The van der Waals surface area contributed by atoms with Crippen molar-refractivity contribution in [3.05, 3.63) is 53.7 Å². The fourth-order valence-corrected chi connectivity index (χ4v) is 4.55. The molecule has 1 heterocycles. The van der Waals surface area contributed by atoms with Crippen molar-refractivity contribution < 1.29 is 0 Å². The number of pyridine rings is 1. The van der Waals surface area contributed by atoms with Gasteiger partial charge in [-0.3, -0.25) is 4.98 Å². The Morgan fingerprint density at radius 1 is 0.741 bits per heavy atom. The summed E-state index contributed by atoms with van der Waals surface area (Å²) in [5.74, 6) is 1.98. The van der Waals surface area contributed by atoms with Gasteiger partial charge in [-0.2, -0.15) is 0 Å². The van der Waals surface area contributed by atoms with E-state index in [4.69, 9.17) is 0 Å². The highest BCUT2D eigenvalue weighted by atomic mass is 14.7. The Kier molecular flexibility index (Phi) is 7.93. The van der Waals surface area contributed by atoms with Crippen LogP contribution in [-0.2, 0) is 12.8 Å². The summed E-state index contributed by atoms with van der Waals surface area (Å²) in [7, 11) is 0. The van der Waals surface area contributed by atoms with Crippen LogP contribution in [0.25, 0.3) is 11.3 Å². The number of unbranched alkanes of at least 4 members (excludes halogenated alkanes) is 1. The largest absolute Gasteiger partial charge is 0.256 e. The molecule has 0 spiro atoms. The molecule has 1 aromatic carbocycles. The zero-order valence-corrected chi connectivity index (χ0v) is 17.4. The van der Waals surface area contributed by atoms with Crippen LogP contribution in [0.2, 0.25) is 0 Å². The minimum atomic E-state index is 0.954. The van der Waals surface area contributed by atoms with E-state index in [9.17, 15) is 0 Å². The minimum Gasteiger partial charge on any atom is -0.256 e. The number of nitrogens with zero attached hydrogens (tertiary/aromatic N) is 1. The maximum Gasteiger partial charge on any atom is 0.0702 e. The lowest BCUT2D eigenvalue weighted by atomic mass is 9.78. The quantitative estimate of drug-likeness (QED) is 0.446. The summed E-state index contributed by atoms with van der Waals surface area (Å²) in [4.78, 5) is 4.64. The molecule has 0 aliphatic heterocycles. The summed E-state index contributed by atoms with van der Waals surface area (Å²) in [6, 6.07) is 13.5. The lowest BCUT2D eigenvalue weighted by Crippen LogP contribution is -2.15. The first kappa shape index (κ1) is 20.1. The first-order valence-corrected chi connectivity index (χ1v) is 11.3. The molecule has 0 unspecified atom stereocenters. The van der Waals surface area contributed by atoms with E-state index in [-0.39, 0.29) is 0 Å². The van der Waals surface area contributed by atoms with E-state index >= 15 is 0 Å². The normalized spacial score (nSPS) is 19.9. The van der Waals surface area contributed by atoms with Gasteiger partial charge in [0.1, 0.15) is 0 Å². The topological polar surface area (TPSA) is 12.9 Å². The molecule has 1 aliphatic rings. The minimum absolute atomic E-state index is 0.954. The van der Waals surface area contributed by atoms with Gasteiger partial charge in [0.2, 0.25) is 0 Å². The van der Waals surface area contributed by atoms with Crippen LogP contribution < -0.4 is 0 Å². The third-order valence-electron chi connectivity index (χ3n) is 6.39. The van der Waals surface area contributed by atoms with Gasteiger partial charge in [0.25, 0.3) is 0 Å². The molecule has 1 aromatic heterocycles. The van der Waals surface area contributed by atoms with Gasteiger partial charge in [-0.05, 0) is 48.3 Å². The fourth-order valence-electron chi connectivity index (χ4n) is 4.55. The van der Waals surface area contributed by atoms with Gasteiger partial charge in [-0.15, -0.1) is 0 Å². The number of benzene rings is 1. The van der Waals surface area contributed by atoms with Crippen molar-refractivity contribution in [2.75, 3.05) is 0 Å². The van der Waals surface area contributed by atoms with Crippen LogP contribution in [0.4, 0.5) is 0 Å². The smallest absolute Gasteiger partial charge is 0.0702 e. The first-order chi connectivity index (χ1) is 13.3. The Hall–Kier alpha value is -1.63. The zero-order chi connectivity index (χ0) is 18.9. The molecule has 3 rings (SSSR count). The molecule has 0 radical (unpaired) electrons. The highest BCUT2D eigenvalue weighted by Gasteiger charge is 2.20. The van der Waals surface area contributed by atoms with Crippen molar-refractivity contribution in [3.8, 4) is 11.3 Å². The predicted molar refractivity (Wildman–Crippen MR) is 117 cm³/mol. The average molecular weight is 364 g/mol. The van der Waals surface area contributed by atoms with Crippen molar-refractivity contribution >= 4 is 0 Å². The van der Waals surface area contributed by atoms with Crippen LogP contribution in [-0.4, -0.2) is 4.98 Å². The first-order valence-electron chi connectivity index (χ1n) is 11.3. The lowest BCUT2D eigenvalue weighted by molar-refractivity contribution is 0.250. The average Bonchev–Trinajstić information content (AvgIpc) is 2.73. The number of aromatic nitrogens is 1. The van der Waals surface area contributed by atoms with E-state index in [1.54, 1.807) is 0 Å². The van der Waals surface area contributed by atoms with Crippen LogP contribution in [0.1, 0.15) is 82.8 Å². The maximum absolute atomic E-state index is 4.64. The Labute approximate surface area is 166 Å².